The first-order chi connectivity index (χ1) is 24.8. The molecular formula is C36H52ClN9O7. The number of aliphatic imine (C=N–C) groups is 1. The number of guanidine groups is 1. The fourth-order valence-corrected chi connectivity index (χ4v) is 5.77. The summed E-state index contributed by atoms with van der Waals surface area (Å²) in [5, 5.41) is 10.7. The Bertz CT molecular complexity index is 1540. The highest BCUT2D eigenvalue weighted by molar-refractivity contribution is 5.96. The molecule has 2 aromatic carbocycles. The zero-order valence-corrected chi connectivity index (χ0v) is 30.9. The van der Waals surface area contributed by atoms with Crippen molar-refractivity contribution in [3.63, 3.8) is 0 Å². The number of primary amides is 1. The SMILES string of the molecule is CC(C)C[C@H](NC(=O)[C@@H](Cc1ccccc1)NC(=O)OCc1ccccc1)C(=O)N[C@@H](CCCN=C(N)N)C(=O)N1CCC[C@H]1C(=O)NCC(N)=O.Cl. The molecule has 0 saturated carbocycles. The predicted octanol–water partition coefficient (Wildman–Crippen LogP) is 0.608. The van der Waals surface area contributed by atoms with E-state index in [1.54, 1.807) is 12.1 Å². The Morgan fingerprint density at radius 2 is 1.45 bits per heavy atom. The van der Waals surface area contributed by atoms with Gasteiger partial charge in [-0.2, -0.15) is 0 Å². The normalized spacial score (nSPS) is 15.2. The number of rotatable bonds is 19. The third-order valence-corrected chi connectivity index (χ3v) is 8.28. The summed E-state index contributed by atoms with van der Waals surface area (Å²) in [6, 6.07) is 14.0. The summed E-state index contributed by atoms with van der Waals surface area (Å²) in [7, 11) is 0. The maximum atomic E-state index is 13.9. The Balaban J connectivity index is 0.00000972. The lowest BCUT2D eigenvalue weighted by Gasteiger charge is -2.30. The zero-order valence-electron chi connectivity index (χ0n) is 30.1. The van der Waals surface area contributed by atoms with Crippen molar-refractivity contribution < 1.29 is 33.5 Å². The highest BCUT2D eigenvalue weighted by atomic mass is 35.5. The second-order valence-electron chi connectivity index (χ2n) is 13.0. The van der Waals surface area contributed by atoms with Gasteiger partial charge in [0.2, 0.25) is 29.5 Å². The minimum atomic E-state index is -1.10. The lowest BCUT2D eigenvalue weighted by atomic mass is 10.00. The minimum Gasteiger partial charge on any atom is -0.445 e. The van der Waals surface area contributed by atoms with Crippen LogP contribution in [0, 0.1) is 5.92 Å². The number of hydrogen-bond acceptors (Lipinski definition) is 8. The number of nitrogens with two attached hydrogens (primary N) is 3. The number of alkyl carbamates (subject to hydrolysis) is 1. The maximum Gasteiger partial charge on any atom is 0.408 e. The lowest BCUT2D eigenvalue weighted by molar-refractivity contribution is -0.142. The molecule has 1 fully saturated rings. The Labute approximate surface area is 315 Å². The van der Waals surface area contributed by atoms with Crippen LogP contribution in [0.15, 0.2) is 65.7 Å². The average Bonchev–Trinajstić information content (AvgIpc) is 3.61. The number of carbonyl (C=O) groups is 6. The molecule has 0 aliphatic carbocycles. The summed E-state index contributed by atoms with van der Waals surface area (Å²) >= 11 is 0. The van der Waals surface area contributed by atoms with Gasteiger partial charge in [0.1, 0.15) is 30.8 Å². The van der Waals surface area contributed by atoms with Gasteiger partial charge >= 0.3 is 6.09 Å². The van der Waals surface area contributed by atoms with Gasteiger partial charge in [-0.1, -0.05) is 74.5 Å². The predicted molar refractivity (Wildman–Crippen MR) is 201 cm³/mol. The molecule has 53 heavy (non-hydrogen) atoms. The summed E-state index contributed by atoms with van der Waals surface area (Å²) in [5.41, 5.74) is 17.6. The molecule has 10 N–H and O–H groups in total. The summed E-state index contributed by atoms with van der Waals surface area (Å²) < 4.78 is 5.38. The van der Waals surface area contributed by atoms with Gasteiger partial charge in [0, 0.05) is 19.5 Å². The third kappa shape index (κ3) is 15.4. The van der Waals surface area contributed by atoms with Crippen LogP contribution in [0.2, 0.25) is 0 Å². The number of nitrogens with one attached hydrogen (secondary N) is 4. The number of nitrogens with zero attached hydrogens (tertiary/aromatic N) is 2. The van der Waals surface area contributed by atoms with E-state index in [9.17, 15) is 28.8 Å². The van der Waals surface area contributed by atoms with Crippen LogP contribution >= 0.6 is 12.4 Å². The highest BCUT2D eigenvalue weighted by Crippen LogP contribution is 2.20. The Hall–Kier alpha value is -5.38. The van der Waals surface area contributed by atoms with Gasteiger partial charge in [0.15, 0.2) is 5.96 Å². The average molecular weight is 758 g/mol. The number of amides is 6. The molecule has 0 spiro atoms. The van der Waals surface area contributed by atoms with Crippen molar-refractivity contribution in [2.45, 2.75) is 83.1 Å². The fourth-order valence-electron chi connectivity index (χ4n) is 5.77. The van der Waals surface area contributed by atoms with E-state index in [1.165, 1.54) is 4.90 Å². The van der Waals surface area contributed by atoms with Crippen LogP contribution in [-0.2, 0) is 41.7 Å². The Kier molecular flexibility index (Phi) is 18.6. The second-order valence-corrected chi connectivity index (χ2v) is 13.0. The maximum absolute atomic E-state index is 13.9. The van der Waals surface area contributed by atoms with Crippen molar-refractivity contribution >= 4 is 54.0 Å². The molecule has 0 radical (unpaired) electrons. The molecule has 2 aromatic rings. The van der Waals surface area contributed by atoms with Crippen molar-refractivity contribution in [2.24, 2.45) is 28.1 Å². The fraction of sp³-hybridized carbons (Fsp3) is 0.472. The molecule has 1 aliphatic heterocycles. The number of halogens is 1. The number of carbonyl (C=O) groups excluding carboxylic acids is 6. The molecular weight excluding hydrogens is 706 g/mol. The molecule has 17 heteroatoms. The molecule has 1 saturated heterocycles. The number of benzene rings is 2. The zero-order chi connectivity index (χ0) is 38.0. The van der Waals surface area contributed by atoms with E-state index < -0.39 is 59.8 Å². The number of hydrogen-bond donors (Lipinski definition) is 7. The van der Waals surface area contributed by atoms with Gasteiger partial charge in [-0.3, -0.25) is 29.0 Å². The molecule has 1 heterocycles. The van der Waals surface area contributed by atoms with Crippen LogP contribution in [0.1, 0.15) is 57.1 Å². The van der Waals surface area contributed by atoms with Gasteiger partial charge in [0.05, 0.1) is 6.54 Å². The van der Waals surface area contributed by atoms with E-state index in [0.29, 0.717) is 19.3 Å². The molecule has 0 unspecified atom stereocenters. The Morgan fingerprint density at radius 1 is 0.849 bits per heavy atom. The standard InChI is InChI=1S/C36H51N9O7.ClH/c1-23(2)19-27(43-32(48)28(20-24-11-5-3-6-12-24)44-36(51)52-22-25-13-7-4-8-14-25)31(47)42-26(15-9-17-40-35(38)39)34(50)45-18-10-16-29(45)33(49)41-21-30(37)46;/h3-8,11-14,23,26-29H,9-10,15-22H2,1-2H3,(H2,37,46)(H,41,49)(H,42,47)(H,43,48)(H,44,51)(H4,38,39,40);1H/t26-,27-,28+,29-;/m0./s1. The second kappa shape index (κ2) is 22.5. The van der Waals surface area contributed by atoms with Gasteiger partial charge < -0.3 is 48.1 Å². The van der Waals surface area contributed by atoms with Crippen LogP contribution in [0.5, 0.6) is 0 Å². The smallest absolute Gasteiger partial charge is 0.408 e. The summed E-state index contributed by atoms with van der Waals surface area (Å²) in [5.74, 6) is -3.18. The molecule has 6 amide bonds. The van der Waals surface area contributed by atoms with E-state index in [1.807, 2.05) is 62.4 Å². The summed E-state index contributed by atoms with van der Waals surface area (Å²) in [6.45, 7) is 3.82. The van der Waals surface area contributed by atoms with Gasteiger partial charge in [-0.15, -0.1) is 12.4 Å². The molecule has 1 aliphatic rings. The van der Waals surface area contributed by atoms with E-state index in [0.717, 1.165) is 11.1 Å². The molecule has 3 rings (SSSR count). The van der Waals surface area contributed by atoms with Gasteiger partial charge in [0.25, 0.3) is 0 Å². The van der Waals surface area contributed by atoms with Crippen LogP contribution in [0.3, 0.4) is 0 Å². The highest BCUT2D eigenvalue weighted by Gasteiger charge is 2.38. The quantitative estimate of drug-likeness (QED) is 0.0601. The minimum absolute atomic E-state index is 0. The lowest BCUT2D eigenvalue weighted by Crippen LogP contribution is -2.58. The van der Waals surface area contributed by atoms with Crippen molar-refractivity contribution in [2.75, 3.05) is 19.6 Å². The van der Waals surface area contributed by atoms with Crippen LogP contribution in [0.25, 0.3) is 0 Å². The Morgan fingerprint density at radius 3 is 2.06 bits per heavy atom. The first-order valence-corrected chi connectivity index (χ1v) is 17.4. The third-order valence-electron chi connectivity index (χ3n) is 8.28. The van der Waals surface area contributed by atoms with Crippen molar-refractivity contribution in [1.29, 1.82) is 0 Å². The van der Waals surface area contributed by atoms with E-state index >= 15 is 0 Å². The van der Waals surface area contributed by atoms with Crippen molar-refractivity contribution in [1.82, 2.24) is 26.2 Å². The number of ether oxygens (including phenoxy) is 1. The number of likely N-dealkylation sites (tertiary alicyclic amines) is 1. The molecule has 0 aromatic heterocycles. The van der Waals surface area contributed by atoms with Crippen LogP contribution in [-0.4, -0.2) is 90.3 Å². The van der Waals surface area contributed by atoms with Crippen molar-refractivity contribution in [3.8, 4) is 0 Å². The van der Waals surface area contributed by atoms with Gasteiger partial charge in [-0.05, 0) is 49.1 Å². The van der Waals surface area contributed by atoms with Crippen LogP contribution < -0.4 is 38.5 Å². The molecule has 0 bridgehead atoms. The molecule has 16 nitrogen and oxygen atoms in total. The van der Waals surface area contributed by atoms with Gasteiger partial charge in [-0.25, -0.2) is 4.79 Å². The first kappa shape index (κ1) is 43.8. The first-order valence-electron chi connectivity index (χ1n) is 17.4. The summed E-state index contributed by atoms with van der Waals surface area (Å²) in [4.78, 5) is 84.0. The largest absolute Gasteiger partial charge is 0.445 e. The van der Waals surface area contributed by atoms with E-state index in [-0.39, 0.29) is 69.8 Å². The monoisotopic (exact) mass is 757 g/mol. The van der Waals surface area contributed by atoms with Crippen LogP contribution in [0.4, 0.5) is 4.79 Å². The topological polar surface area (TPSA) is 253 Å². The molecule has 4 atom stereocenters. The summed E-state index contributed by atoms with van der Waals surface area (Å²) in [6.07, 6.45) is 0.855. The van der Waals surface area contributed by atoms with E-state index in [2.05, 4.69) is 26.3 Å². The van der Waals surface area contributed by atoms with E-state index in [4.69, 9.17) is 21.9 Å². The van der Waals surface area contributed by atoms with Crippen molar-refractivity contribution in [3.05, 3.63) is 71.8 Å². The molecule has 290 valence electrons.